The Kier molecular flexibility index (Phi) is 7.13. The molecule has 2 heterocycles. The lowest BCUT2D eigenvalue weighted by Crippen LogP contribution is -2.36. The van der Waals surface area contributed by atoms with Crippen LogP contribution >= 0.6 is 24.0 Å². The van der Waals surface area contributed by atoms with Gasteiger partial charge in [-0.2, -0.15) is 4.98 Å². The largest absolute Gasteiger partial charge is 0.444 e. The van der Waals surface area contributed by atoms with Crippen molar-refractivity contribution in [1.29, 1.82) is 0 Å². The van der Waals surface area contributed by atoms with Gasteiger partial charge in [0.1, 0.15) is 6.26 Å². The Bertz CT molecular complexity index is 856. The van der Waals surface area contributed by atoms with Gasteiger partial charge < -0.3 is 19.6 Å². The molecule has 0 saturated carbocycles. The van der Waals surface area contributed by atoms with Crippen LogP contribution in [0.3, 0.4) is 0 Å². The first-order valence-electron chi connectivity index (χ1n) is 7.89. The maximum Gasteiger partial charge on any atom is 0.226 e. The van der Waals surface area contributed by atoms with E-state index in [0.29, 0.717) is 36.7 Å². The van der Waals surface area contributed by atoms with E-state index < -0.39 is 0 Å². The molecule has 0 bridgehead atoms. The third-order valence-electron chi connectivity index (χ3n) is 3.49. The predicted molar refractivity (Wildman–Crippen MR) is 108 cm³/mol. The average Bonchev–Trinajstić information content (AvgIpc) is 3.25. The first-order valence-corrected chi connectivity index (χ1v) is 7.89. The predicted octanol–water partition coefficient (Wildman–Crippen LogP) is 2.82. The van der Waals surface area contributed by atoms with E-state index in [1.165, 1.54) is 5.56 Å². The van der Waals surface area contributed by atoms with Crippen LogP contribution in [0.4, 0.5) is 0 Å². The van der Waals surface area contributed by atoms with Crippen molar-refractivity contribution in [2.24, 2.45) is 4.99 Å². The van der Waals surface area contributed by atoms with Crippen LogP contribution in [0.1, 0.15) is 23.0 Å². The zero-order valence-electron chi connectivity index (χ0n) is 14.8. The molecule has 2 N–H and O–H groups in total. The number of rotatable bonds is 5. The molecular weight excluding hydrogens is 447 g/mol. The molecule has 26 heavy (non-hydrogen) atoms. The van der Waals surface area contributed by atoms with Crippen LogP contribution < -0.4 is 10.6 Å². The standard InChI is InChI=1S/C17H20N6O2.HI/c1-11-4-6-13(7-5-11)16-22-14(10-24-16)8-19-17(18-3)20-9-15-21-12(2)25-23-15;/h4-7,10H,8-9H2,1-3H3,(H2,18,19,20);1H. The van der Waals surface area contributed by atoms with Gasteiger partial charge in [-0.25, -0.2) is 4.98 Å². The van der Waals surface area contributed by atoms with Crippen molar-refractivity contribution in [2.75, 3.05) is 7.05 Å². The molecule has 138 valence electrons. The van der Waals surface area contributed by atoms with Gasteiger partial charge in [-0.05, 0) is 19.1 Å². The number of nitrogens with zero attached hydrogens (tertiary/aromatic N) is 4. The molecule has 0 spiro atoms. The maximum atomic E-state index is 5.54. The topological polar surface area (TPSA) is 101 Å². The molecule has 0 amide bonds. The van der Waals surface area contributed by atoms with Crippen LogP contribution in [0, 0.1) is 13.8 Å². The van der Waals surface area contributed by atoms with E-state index in [1.54, 1.807) is 20.2 Å². The smallest absolute Gasteiger partial charge is 0.226 e. The molecule has 8 nitrogen and oxygen atoms in total. The van der Waals surface area contributed by atoms with E-state index in [9.17, 15) is 0 Å². The van der Waals surface area contributed by atoms with E-state index in [4.69, 9.17) is 8.94 Å². The Morgan fingerprint density at radius 3 is 2.46 bits per heavy atom. The van der Waals surface area contributed by atoms with E-state index >= 15 is 0 Å². The summed E-state index contributed by atoms with van der Waals surface area (Å²) in [6.07, 6.45) is 1.64. The van der Waals surface area contributed by atoms with Crippen molar-refractivity contribution >= 4 is 29.9 Å². The third kappa shape index (κ3) is 5.28. The zero-order valence-corrected chi connectivity index (χ0v) is 17.1. The number of aryl methyl sites for hydroxylation is 2. The Hall–Kier alpha value is -2.43. The second kappa shape index (κ2) is 9.32. The summed E-state index contributed by atoms with van der Waals surface area (Å²) in [6, 6.07) is 8.04. The van der Waals surface area contributed by atoms with Crippen LogP contribution in [0.5, 0.6) is 0 Å². The second-order valence-electron chi connectivity index (χ2n) is 5.52. The summed E-state index contributed by atoms with van der Waals surface area (Å²) < 4.78 is 10.5. The first kappa shape index (κ1) is 19.9. The fraction of sp³-hybridized carbons (Fsp3) is 0.294. The molecule has 0 aliphatic heterocycles. The van der Waals surface area contributed by atoms with Gasteiger partial charge in [0.05, 0.1) is 18.8 Å². The Morgan fingerprint density at radius 2 is 1.81 bits per heavy atom. The number of guanidine groups is 1. The number of nitrogens with one attached hydrogen (secondary N) is 2. The summed E-state index contributed by atoms with van der Waals surface area (Å²) in [6.45, 7) is 4.70. The minimum absolute atomic E-state index is 0. The number of hydrogen-bond acceptors (Lipinski definition) is 6. The van der Waals surface area contributed by atoms with Gasteiger partial charge in [0.25, 0.3) is 0 Å². The van der Waals surface area contributed by atoms with Gasteiger partial charge in [0.15, 0.2) is 11.8 Å². The van der Waals surface area contributed by atoms with Crippen molar-refractivity contribution in [3.63, 3.8) is 0 Å². The third-order valence-corrected chi connectivity index (χ3v) is 3.49. The normalized spacial score (nSPS) is 11.1. The van der Waals surface area contributed by atoms with Gasteiger partial charge in [-0.1, -0.05) is 22.9 Å². The zero-order chi connectivity index (χ0) is 17.6. The summed E-state index contributed by atoms with van der Waals surface area (Å²) in [5, 5.41) is 10.1. The molecule has 3 aromatic rings. The Balaban J connectivity index is 0.00000243. The summed E-state index contributed by atoms with van der Waals surface area (Å²) in [4.78, 5) is 12.8. The van der Waals surface area contributed by atoms with Crippen LogP contribution in [0.15, 0.2) is 44.5 Å². The molecule has 0 saturated heterocycles. The van der Waals surface area contributed by atoms with Crippen molar-refractivity contribution in [3.8, 4) is 11.5 Å². The molecular formula is C17H21IN6O2. The molecule has 2 aromatic heterocycles. The summed E-state index contributed by atoms with van der Waals surface area (Å²) in [5.74, 6) is 2.32. The highest BCUT2D eigenvalue weighted by molar-refractivity contribution is 14.0. The van der Waals surface area contributed by atoms with E-state index in [-0.39, 0.29) is 24.0 Å². The molecule has 1 aromatic carbocycles. The summed E-state index contributed by atoms with van der Waals surface area (Å²) in [7, 11) is 1.69. The number of aromatic nitrogens is 3. The van der Waals surface area contributed by atoms with Crippen LogP contribution in [0.25, 0.3) is 11.5 Å². The monoisotopic (exact) mass is 468 g/mol. The SMILES string of the molecule is CN=C(NCc1coc(-c2ccc(C)cc2)n1)NCc1noc(C)n1.I. The Morgan fingerprint density at radius 1 is 1.08 bits per heavy atom. The van der Waals surface area contributed by atoms with E-state index in [2.05, 4.69) is 30.8 Å². The minimum atomic E-state index is 0. The number of halogens is 1. The second-order valence-corrected chi connectivity index (χ2v) is 5.52. The van der Waals surface area contributed by atoms with Crippen molar-refractivity contribution < 1.29 is 8.94 Å². The van der Waals surface area contributed by atoms with Gasteiger partial charge in [-0.3, -0.25) is 4.99 Å². The number of aliphatic imine (C=N–C) groups is 1. The molecule has 0 radical (unpaired) electrons. The highest BCUT2D eigenvalue weighted by Crippen LogP contribution is 2.18. The molecule has 0 aliphatic rings. The lowest BCUT2D eigenvalue weighted by atomic mass is 10.1. The molecule has 0 atom stereocenters. The van der Waals surface area contributed by atoms with Gasteiger partial charge in [0, 0.05) is 19.5 Å². The van der Waals surface area contributed by atoms with E-state index in [0.717, 1.165) is 11.3 Å². The first-order chi connectivity index (χ1) is 12.1. The number of hydrogen-bond donors (Lipinski definition) is 2. The molecule has 0 aliphatic carbocycles. The fourth-order valence-corrected chi connectivity index (χ4v) is 2.19. The van der Waals surface area contributed by atoms with Crippen LogP contribution in [-0.2, 0) is 13.1 Å². The van der Waals surface area contributed by atoms with Crippen molar-refractivity contribution in [2.45, 2.75) is 26.9 Å². The van der Waals surface area contributed by atoms with Gasteiger partial charge in [0.2, 0.25) is 11.8 Å². The molecule has 0 unspecified atom stereocenters. The molecule has 9 heteroatoms. The van der Waals surface area contributed by atoms with Gasteiger partial charge >= 0.3 is 0 Å². The summed E-state index contributed by atoms with van der Waals surface area (Å²) in [5.41, 5.74) is 2.93. The lowest BCUT2D eigenvalue weighted by molar-refractivity contribution is 0.387. The average molecular weight is 468 g/mol. The van der Waals surface area contributed by atoms with Crippen molar-refractivity contribution in [1.82, 2.24) is 25.8 Å². The van der Waals surface area contributed by atoms with Gasteiger partial charge in [-0.15, -0.1) is 24.0 Å². The Labute approximate surface area is 168 Å². The molecule has 3 rings (SSSR count). The van der Waals surface area contributed by atoms with Crippen LogP contribution in [-0.4, -0.2) is 28.1 Å². The quantitative estimate of drug-likeness (QED) is 0.337. The number of benzene rings is 1. The summed E-state index contributed by atoms with van der Waals surface area (Å²) >= 11 is 0. The molecule has 0 fully saturated rings. The highest BCUT2D eigenvalue weighted by Gasteiger charge is 2.08. The van der Waals surface area contributed by atoms with Crippen LogP contribution in [0.2, 0.25) is 0 Å². The lowest BCUT2D eigenvalue weighted by Gasteiger charge is -2.08. The fourth-order valence-electron chi connectivity index (χ4n) is 2.19. The van der Waals surface area contributed by atoms with E-state index in [1.807, 2.05) is 31.2 Å². The minimum Gasteiger partial charge on any atom is -0.444 e. The number of oxazole rings is 1. The maximum absolute atomic E-state index is 5.54. The van der Waals surface area contributed by atoms with Crippen molar-refractivity contribution in [3.05, 3.63) is 53.5 Å². The highest BCUT2D eigenvalue weighted by atomic mass is 127.